The molecule has 3 nitrogen and oxygen atoms in total. The van der Waals surface area contributed by atoms with Crippen LogP contribution >= 0.6 is 11.6 Å². The Morgan fingerprint density at radius 1 is 1.60 bits per heavy atom. The van der Waals surface area contributed by atoms with Gasteiger partial charge in [0, 0.05) is 7.05 Å². The lowest BCUT2D eigenvalue weighted by atomic mass is 9.98. The van der Waals surface area contributed by atoms with E-state index in [0.29, 0.717) is 10.9 Å². The molecule has 0 radical (unpaired) electrons. The minimum Gasteiger partial charge on any atom is -0.387 e. The molecule has 0 spiro atoms. The average molecular weight is 229 g/mol. The van der Waals surface area contributed by atoms with Crippen molar-refractivity contribution in [3.8, 4) is 0 Å². The topological polar surface area (TPSA) is 38.0 Å². The minimum absolute atomic E-state index is 0.465. The van der Waals surface area contributed by atoms with Crippen LogP contribution in [-0.4, -0.2) is 14.9 Å². The summed E-state index contributed by atoms with van der Waals surface area (Å²) in [7, 11) is 1.82. The van der Waals surface area contributed by atoms with Crippen molar-refractivity contribution in [2.24, 2.45) is 13.0 Å². The summed E-state index contributed by atoms with van der Waals surface area (Å²) in [4.78, 5) is 0. The number of hydrogen-bond acceptors (Lipinski definition) is 2. The lowest BCUT2D eigenvalue weighted by Gasteiger charge is -2.15. The van der Waals surface area contributed by atoms with E-state index >= 15 is 0 Å². The molecule has 1 aliphatic rings. The van der Waals surface area contributed by atoms with E-state index in [9.17, 15) is 5.11 Å². The molecule has 15 heavy (non-hydrogen) atoms. The molecule has 1 aliphatic carbocycles. The second-order valence-corrected chi connectivity index (χ2v) is 4.81. The summed E-state index contributed by atoms with van der Waals surface area (Å²) in [5.74, 6) is 0.658. The molecular weight excluding hydrogens is 212 g/mol. The summed E-state index contributed by atoms with van der Waals surface area (Å²) >= 11 is 5.98. The first-order chi connectivity index (χ1) is 7.18. The van der Waals surface area contributed by atoms with Gasteiger partial charge in [0.1, 0.15) is 0 Å². The van der Waals surface area contributed by atoms with Crippen molar-refractivity contribution in [3.63, 3.8) is 0 Å². The lowest BCUT2D eigenvalue weighted by Crippen LogP contribution is -2.09. The Morgan fingerprint density at radius 2 is 2.27 bits per heavy atom. The summed E-state index contributed by atoms with van der Waals surface area (Å²) < 4.78 is 1.67. The van der Waals surface area contributed by atoms with Gasteiger partial charge in [-0.3, -0.25) is 4.68 Å². The minimum atomic E-state index is -0.465. The molecule has 1 saturated carbocycles. The predicted octanol–water partition coefficient (Wildman–Crippen LogP) is 2.69. The maximum absolute atomic E-state index is 10.1. The molecule has 2 rings (SSSR count). The Bertz CT molecular complexity index is 312. The van der Waals surface area contributed by atoms with Crippen LogP contribution in [0.4, 0.5) is 0 Å². The zero-order valence-corrected chi connectivity index (χ0v) is 9.74. The van der Waals surface area contributed by atoms with E-state index in [1.54, 1.807) is 10.9 Å². The zero-order chi connectivity index (χ0) is 10.8. The van der Waals surface area contributed by atoms with Gasteiger partial charge in [-0.2, -0.15) is 5.10 Å². The first kappa shape index (κ1) is 11.0. The fourth-order valence-corrected chi connectivity index (χ4v) is 2.76. The summed E-state index contributed by atoms with van der Waals surface area (Å²) in [6.45, 7) is 0. The molecule has 1 N–H and O–H groups in total. The molecular formula is C11H17ClN2O. The van der Waals surface area contributed by atoms with Crippen molar-refractivity contribution < 1.29 is 5.11 Å². The number of aliphatic hydroxyl groups is 1. The first-order valence-electron chi connectivity index (χ1n) is 5.54. The molecule has 0 saturated heterocycles. The third-order valence-corrected chi connectivity index (χ3v) is 3.58. The van der Waals surface area contributed by atoms with E-state index in [4.69, 9.17) is 11.6 Å². The zero-order valence-electron chi connectivity index (χ0n) is 8.99. The van der Waals surface area contributed by atoms with E-state index in [0.717, 1.165) is 12.1 Å². The number of aryl methyl sites for hydroxylation is 1. The van der Waals surface area contributed by atoms with Crippen LogP contribution in [0, 0.1) is 5.92 Å². The number of nitrogens with zero attached hydrogens (tertiary/aromatic N) is 2. The lowest BCUT2D eigenvalue weighted by molar-refractivity contribution is 0.136. The Kier molecular flexibility index (Phi) is 3.32. The van der Waals surface area contributed by atoms with Gasteiger partial charge in [-0.25, -0.2) is 0 Å². The standard InChI is InChI=1S/C11H17ClN2O/c1-14-11(9(12)7-13-14)10(15)6-8-4-2-3-5-8/h7-8,10,15H,2-6H2,1H3. The highest BCUT2D eigenvalue weighted by Crippen LogP contribution is 2.34. The number of hydrogen-bond donors (Lipinski definition) is 1. The maximum atomic E-state index is 10.1. The fourth-order valence-electron chi connectivity index (χ4n) is 2.47. The van der Waals surface area contributed by atoms with Crippen LogP contribution in [0.25, 0.3) is 0 Å². The Balaban J connectivity index is 2.03. The highest BCUT2D eigenvalue weighted by Gasteiger charge is 2.23. The largest absolute Gasteiger partial charge is 0.387 e. The quantitative estimate of drug-likeness (QED) is 0.864. The average Bonchev–Trinajstić information content (AvgIpc) is 2.77. The molecule has 1 atom stereocenters. The van der Waals surface area contributed by atoms with Gasteiger partial charge in [0.2, 0.25) is 0 Å². The molecule has 1 aromatic rings. The summed E-state index contributed by atoms with van der Waals surface area (Å²) in [6.07, 6.45) is 7.04. The normalized spacial score (nSPS) is 19.7. The Morgan fingerprint density at radius 3 is 2.80 bits per heavy atom. The monoisotopic (exact) mass is 228 g/mol. The SMILES string of the molecule is Cn1ncc(Cl)c1C(O)CC1CCCC1. The van der Waals surface area contributed by atoms with Crippen molar-refractivity contribution in [2.45, 2.75) is 38.2 Å². The molecule has 1 heterocycles. The molecule has 4 heteroatoms. The van der Waals surface area contributed by atoms with Crippen LogP contribution in [0.2, 0.25) is 5.02 Å². The molecule has 1 unspecified atom stereocenters. The molecule has 84 valence electrons. The van der Waals surface area contributed by atoms with Gasteiger partial charge in [-0.05, 0) is 12.3 Å². The van der Waals surface area contributed by atoms with Crippen LogP contribution < -0.4 is 0 Å². The van der Waals surface area contributed by atoms with Gasteiger partial charge in [-0.15, -0.1) is 0 Å². The second-order valence-electron chi connectivity index (χ2n) is 4.40. The van der Waals surface area contributed by atoms with Gasteiger partial charge in [-0.1, -0.05) is 37.3 Å². The van der Waals surface area contributed by atoms with Crippen molar-refractivity contribution in [1.82, 2.24) is 9.78 Å². The molecule has 0 aliphatic heterocycles. The number of halogens is 1. The van der Waals surface area contributed by atoms with Gasteiger partial charge >= 0.3 is 0 Å². The van der Waals surface area contributed by atoms with Crippen LogP contribution in [0.5, 0.6) is 0 Å². The highest BCUT2D eigenvalue weighted by molar-refractivity contribution is 6.31. The third-order valence-electron chi connectivity index (χ3n) is 3.28. The summed E-state index contributed by atoms with van der Waals surface area (Å²) in [6, 6.07) is 0. The van der Waals surface area contributed by atoms with Crippen molar-refractivity contribution in [3.05, 3.63) is 16.9 Å². The van der Waals surface area contributed by atoms with Crippen LogP contribution in [0.3, 0.4) is 0 Å². The molecule has 1 aromatic heterocycles. The summed E-state index contributed by atoms with van der Waals surface area (Å²) in [5.41, 5.74) is 0.753. The summed E-state index contributed by atoms with van der Waals surface area (Å²) in [5, 5.41) is 14.7. The molecule has 0 amide bonds. The maximum Gasteiger partial charge on any atom is 0.0974 e. The van der Waals surface area contributed by atoms with Gasteiger partial charge < -0.3 is 5.11 Å². The van der Waals surface area contributed by atoms with Crippen molar-refractivity contribution in [1.29, 1.82) is 0 Å². The molecule has 0 aromatic carbocycles. The first-order valence-corrected chi connectivity index (χ1v) is 5.91. The van der Waals surface area contributed by atoms with Crippen LogP contribution in [0.1, 0.15) is 43.9 Å². The number of aliphatic hydroxyl groups excluding tert-OH is 1. The predicted molar refractivity (Wildman–Crippen MR) is 59.8 cm³/mol. The van der Waals surface area contributed by atoms with E-state index in [1.165, 1.54) is 25.7 Å². The Hall–Kier alpha value is -0.540. The van der Waals surface area contributed by atoms with E-state index < -0.39 is 6.10 Å². The molecule has 0 bridgehead atoms. The fraction of sp³-hybridized carbons (Fsp3) is 0.727. The second kappa shape index (κ2) is 4.54. The van der Waals surface area contributed by atoms with E-state index in [-0.39, 0.29) is 0 Å². The van der Waals surface area contributed by atoms with Gasteiger partial charge in [0.05, 0.1) is 23.0 Å². The van der Waals surface area contributed by atoms with Gasteiger partial charge in [0.25, 0.3) is 0 Å². The Labute approximate surface area is 95.0 Å². The van der Waals surface area contributed by atoms with Crippen LogP contribution in [0.15, 0.2) is 6.20 Å². The van der Waals surface area contributed by atoms with Crippen molar-refractivity contribution in [2.75, 3.05) is 0 Å². The van der Waals surface area contributed by atoms with Crippen molar-refractivity contribution >= 4 is 11.6 Å². The number of aromatic nitrogens is 2. The third kappa shape index (κ3) is 2.34. The van der Waals surface area contributed by atoms with E-state index in [2.05, 4.69) is 5.10 Å². The highest BCUT2D eigenvalue weighted by atomic mass is 35.5. The number of rotatable bonds is 3. The molecule has 1 fully saturated rings. The van der Waals surface area contributed by atoms with Crippen LogP contribution in [-0.2, 0) is 7.05 Å². The smallest absolute Gasteiger partial charge is 0.0974 e. The van der Waals surface area contributed by atoms with E-state index in [1.807, 2.05) is 7.05 Å². The van der Waals surface area contributed by atoms with Gasteiger partial charge in [0.15, 0.2) is 0 Å².